The molecule has 3 aromatic rings. The fourth-order valence-corrected chi connectivity index (χ4v) is 4.52. The summed E-state index contributed by atoms with van der Waals surface area (Å²) in [6.45, 7) is 4.34. The molecular weight excluding hydrogens is 459 g/mol. The number of rotatable bonds is 8. The Balaban J connectivity index is 1.26. The van der Waals surface area contributed by atoms with Gasteiger partial charge in [0.05, 0.1) is 11.6 Å². The average molecular weight is 487 g/mol. The lowest BCUT2D eigenvalue weighted by Gasteiger charge is -2.30. The monoisotopic (exact) mass is 486 g/mol. The molecule has 0 atom stereocenters. The number of carbonyl (C=O) groups is 1. The zero-order valence-corrected chi connectivity index (χ0v) is 20.2. The van der Waals surface area contributed by atoms with E-state index in [9.17, 15) is 4.79 Å². The van der Waals surface area contributed by atoms with Crippen LogP contribution in [0.1, 0.15) is 44.1 Å². The lowest BCUT2D eigenvalue weighted by Crippen LogP contribution is -2.37. The summed E-state index contributed by atoms with van der Waals surface area (Å²) in [4.78, 5) is 19.4. The standard InChI is InChI=1S/C25H28Cl2N4O2/c1-2-3-4-17-5-8-20(9-6-17)28-25(32)18-11-13-31(14-12-18)16-23-29-24(30-33-23)21-10-7-19(26)15-22(21)27/h5-10,15,18H,2-4,11-14,16H2,1H3,(H,28,32). The third-order valence-corrected chi connectivity index (χ3v) is 6.55. The molecule has 8 heteroatoms. The van der Waals surface area contributed by atoms with E-state index in [1.807, 2.05) is 12.1 Å². The van der Waals surface area contributed by atoms with Gasteiger partial charge in [0.25, 0.3) is 0 Å². The Morgan fingerprint density at radius 2 is 1.91 bits per heavy atom. The molecule has 0 saturated carbocycles. The van der Waals surface area contributed by atoms with Crippen molar-refractivity contribution in [2.24, 2.45) is 5.92 Å². The maximum atomic E-state index is 12.7. The Bertz CT molecular complexity index is 1080. The van der Waals surface area contributed by atoms with Crippen LogP contribution in [-0.4, -0.2) is 34.0 Å². The molecule has 1 aromatic heterocycles. The number of benzene rings is 2. The lowest BCUT2D eigenvalue weighted by molar-refractivity contribution is -0.121. The Kier molecular flexibility index (Phi) is 8.02. The molecule has 1 aliphatic heterocycles. The molecule has 33 heavy (non-hydrogen) atoms. The van der Waals surface area contributed by atoms with Crippen LogP contribution in [0.15, 0.2) is 47.0 Å². The minimum atomic E-state index is 0.00661. The molecule has 174 valence electrons. The van der Waals surface area contributed by atoms with Crippen molar-refractivity contribution in [3.8, 4) is 11.4 Å². The first-order valence-electron chi connectivity index (χ1n) is 11.4. The van der Waals surface area contributed by atoms with Crippen molar-refractivity contribution in [2.75, 3.05) is 18.4 Å². The number of aryl methyl sites for hydroxylation is 1. The van der Waals surface area contributed by atoms with Crippen LogP contribution in [0.25, 0.3) is 11.4 Å². The summed E-state index contributed by atoms with van der Waals surface area (Å²) in [5.41, 5.74) is 2.86. The lowest BCUT2D eigenvalue weighted by atomic mass is 9.95. The fraction of sp³-hybridized carbons (Fsp3) is 0.400. The quantitative estimate of drug-likeness (QED) is 0.408. The van der Waals surface area contributed by atoms with Gasteiger partial charge in [-0.3, -0.25) is 9.69 Å². The number of carbonyl (C=O) groups excluding carboxylic acids is 1. The molecule has 0 unspecified atom stereocenters. The highest BCUT2D eigenvalue weighted by molar-refractivity contribution is 6.36. The smallest absolute Gasteiger partial charge is 0.241 e. The highest BCUT2D eigenvalue weighted by Crippen LogP contribution is 2.29. The van der Waals surface area contributed by atoms with E-state index in [0.29, 0.717) is 33.9 Å². The van der Waals surface area contributed by atoms with Crippen LogP contribution >= 0.6 is 23.2 Å². The number of nitrogens with zero attached hydrogens (tertiary/aromatic N) is 3. The molecule has 2 heterocycles. The second kappa shape index (κ2) is 11.1. The van der Waals surface area contributed by atoms with Gasteiger partial charge in [-0.15, -0.1) is 0 Å². The van der Waals surface area contributed by atoms with E-state index in [2.05, 4.69) is 39.4 Å². The number of aromatic nitrogens is 2. The van der Waals surface area contributed by atoms with Crippen molar-refractivity contribution in [3.05, 3.63) is 64.0 Å². The zero-order chi connectivity index (χ0) is 23.2. The van der Waals surface area contributed by atoms with Gasteiger partial charge in [0, 0.05) is 22.2 Å². The molecule has 0 aliphatic carbocycles. The number of nitrogens with one attached hydrogen (secondary N) is 1. The summed E-state index contributed by atoms with van der Waals surface area (Å²) in [5, 5.41) is 8.16. The van der Waals surface area contributed by atoms with Gasteiger partial charge in [0.2, 0.25) is 17.6 Å². The van der Waals surface area contributed by atoms with E-state index >= 15 is 0 Å². The number of unbranched alkanes of at least 4 members (excludes halogenated alkanes) is 1. The van der Waals surface area contributed by atoms with Gasteiger partial charge in [-0.05, 0) is 74.7 Å². The third kappa shape index (κ3) is 6.34. The maximum absolute atomic E-state index is 12.7. The van der Waals surface area contributed by atoms with Gasteiger partial charge in [-0.1, -0.05) is 53.8 Å². The predicted octanol–water partition coefficient (Wildman–Crippen LogP) is 6.24. The van der Waals surface area contributed by atoms with Gasteiger partial charge in [0.15, 0.2) is 0 Å². The van der Waals surface area contributed by atoms with Crippen molar-refractivity contribution < 1.29 is 9.32 Å². The van der Waals surface area contributed by atoms with E-state index in [1.165, 1.54) is 18.4 Å². The van der Waals surface area contributed by atoms with Crippen LogP contribution in [0.2, 0.25) is 10.0 Å². The van der Waals surface area contributed by atoms with Gasteiger partial charge >= 0.3 is 0 Å². The van der Waals surface area contributed by atoms with Crippen molar-refractivity contribution >= 4 is 34.8 Å². The van der Waals surface area contributed by atoms with Crippen LogP contribution in [0.5, 0.6) is 0 Å². The van der Waals surface area contributed by atoms with Crippen LogP contribution in [0.3, 0.4) is 0 Å². The summed E-state index contributed by atoms with van der Waals surface area (Å²) < 4.78 is 5.42. The fourth-order valence-electron chi connectivity index (χ4n) is 4.02. The first-order valence-corrected chi connectivity index (χ1v) is 12.2. The van der Waals surface area contributed by atoms with Crippen LogP contribution in [-0.2, 0) is 17.8 Å². The molecule has 1 amide bonds. The van der Waals surface area contributed by atoms with Gasteiger partial charge in [-0.2, -0.15) is 4.98 Å². The van der Waals surface area contributed by atoms with Gasteiger partial charge in [-0.25, -0.2) is 0 Å². The molecule has 1 aliphatic rings. The van der Waals surface area contributed by atoms with E-state index in [4.69, 9.17) is 27.7 Å². The Hall–Kier alpha value is -2.41. The third-order valence-electron chi connectivity index (χ3n) is 6.00. The SMILES string of the molecule is CCCCc1ccc(NC(=O)C2CCN(Cc3nc(-c4ccc(Cl)cc4Cl)no3)CC2)cc1. The zero-order valence-electron chi connectivity index (χ0n) is 18.7. The first-order chi connectivity index (χ1) is 16.0. The Morgan fingerprint density at radius 3 is 2.61 bits per heavy atom. The molecule has 0 radical (unpaired) electrons. The molecule has 6 nitrogen and oxygen atoms in total. The molecule has 1 fully saturated rings. The molecular formula is C25H28Cl2N4O2. The topological polar surface area (TPSA) is 71.3 Å². The summed E-state index contributed by atoms with van der Waals surface area (Å²) >= 11 is 12.2. The number of likely N-dealkylation sites (tertiary alicyclic amines) is 1. The second-order valence-corrected chi connectivity index (χ2v) is 9.32. The highest BCUT2D eigenvalue weighted by atomic mass is 35.5. The first kappa shape index (κ1) is 23.7. The van der Waals surface area contributed by atoms with E-state index < -0.39 is 0 Å². The molecule has 0 bridgehead atoms. The van der Waals surface area contributed by atoms with E-state index in [1.54, 1.807) is 18.2 Å². The van der Waals surface area contributed by atoms with E-state index in [0.717, 1.165) is 38.0 Å². The number of halogens is 2. The highest BCUT2D eigenvalue weighted by Gasteiger charge is 2.26. The van der Waals surface area contributed by atoms with Crippen LogP contribution < -0.4 is 5.32 Å². The second-order valence-electron chi connectivity index (χ2n) is 8.48. The molecule has 4 rings (SSSR count). The van der Waals surface area contributed by atoms with Crippen molar-refractivity contribution in [1.29, 1.82) is 0 Å². The molecule has 1 saturated heterocycles. The molecule has 2 aromatic carbocycles. The number of piperidine rings is 1. The van der Waals surface area contributed by atoms with Gasteiger partial charge < -0.3 is 9.84 Å². The summed E-state index contributed by atoms with van der Waals surface area (Å²) in [6, 6.07) is 13.4. The van der Waals surface area contributed by atoms with Crippen molar-refractivity contribution in [2.45, 2.75) is 45.6 Å². The Morgan fingerprint density at radius 1 is 1.15 bits per heavy atom. The largest absolute Gasteiger partial charge is 0.338 e. The summed E-state index contributed by atoms with van der Waals surface area (Å²) in [5.74, 6) is 1.07. The molecule has 1 N–H and O–H groups in total. The van der Waals surface area contributed by atoms with Crippen LogP contribution in [0, 0.1) is 5.92 Å². The maximum Gasteiger partial charge on any atom is 0.241 e. The molecule has 0 spiro atoms. The minimum Gasteiger partial charge on any atom is -0.338 e. The predicted molar refractivity (Wildman–Crippen MR) is 131 cm³/mol. The normalized spacial score (nSPS) is 15.0. The number of hydrogen-bond donors (Lipinski definition) is 1. The van der Waals surface area contributed by atoms with Crippen LogP contribution in [0.4, 0.5) is 5.69 Å². The Labute approximate surface area is 204 Å². The number of anilines is 1. The number of hydrogen-bond acceptors (Lipinski definition) is 5. The van der Waals surface area contributed by atoms with Crippen molar-refractivity contribution in [3.63, 3.8) is 0 Å². The summed E-state index contributed by atoms with van der Waals surface area (Å²) in [7, 11) is 0. The number of amides is 1. The van der Waals surface area contributed by atoms with Gasteiger partial charge in [0.1, 0.15) is 0 Å². The average Bonchev–Trinajstić information content (AvgIpc) is 3.27. The summed E-state index contributed by atoms with van der Waals surface area (Å²) in [6.07, 6.45) is 5.04. The minimum absolute atomic E-state index is 0.00661. The van der Waals surface area contributed by atoms with E-state index in [-0.39, 0.29) is 11.8 Å². The van der Waals surface area contributed by atoms with Crippen molar-refractivity contribution in [1.82, 2.24) is 15.0 Å².